The number of nitrogens with two attached hydrogens (primary N) is 1. The van der Waals surface area contributed by atoms with Crippen molar-refractivity contribution in [1.29, 1.82) is 0 Å². The van der Waals surface area contributed by atoms with E-state index in [2.05, 4.69) is 4.84 Å². The first-order valence-corrected chi connectivity index (χ1v) is 4.75. The molecule has 0 aromatic heterocycles. The molecule has 0 aliphatic rings. The highest BCUT2D eigenvalue weighted by atomic mass is 35.5. The number of benzene rings is 1. The van der Waals surface area contributed by atoms with E-state index >= 15 is 0 Å². The summed E-state index contributed by atoms with van der Waals surface area (Å²) in [4.78, 5) is 4.57. The fourth-order valence-corrected chi connectivity index (χ4v) is 1.89. The minimum atomic E-state index is 0.244. The number of hydrogen-bond donors (Lipinski definition) is 1. The highest BCUT2D eigenvalue weighted by molar-refractivity contribution is 6.32. The molecule has 0 spiro atoms. The van der Waals surface area contributed by atoms with Crippen molar-refractivity contribution in [2.24, 2.45) is 5.90 Å². The number of methoxy groups -OCH3 is 2. The van der Waals surface area contributed by atoms with E-state index in [0.717, 1.165) is 11.1 Å². The molecular weight excluding hydrogens is 218 g/mol. The van der Waals surface area contributed by atoms with Crippen molar-refractivity contribution in [3.05, 3.63) is 22.2 Å². The average molecular weight is 232 g/mol. The van der Waals surface area contributed by atoms with Crippen molar-refractivity contribution >= 4 is 11.6 Å². The lowest BCUT2D eigenvalue weighted by Crippen LogP contribution is -2.03. The predicted octanol–water partition coefficient (Wildman–Crippen LogP) is 2.06. The van der Waals surface area contributed by atoms with Gasteiger partial charge in [-0.05, 0) is 13.0 Å². The molecule has 5 heteroatoms. The summed E-state index contributed by atoms with van der Waals surface area (Å²) < 4.78 is 10.4. The number of halogens is 1. The van der Waals surface area contributed by atoms with Crippen LogP contribution in [0.1, 0.15) is 11.1 Å². The second-order valence-electron chi connectivity index (χ2n) is 3.02. The van der Waals surface area contributed by atoms with Crippen molar-refractivity contribution in [3.8, 4) is 11.5 Å². The van der Waals surface area contributed by atoms with Gasteiger partial charge in [-0.15, -0.1) is 0 Å². The minimum Gasteiger partial charge on any atom is -0.496 e. The van der Waals surface area contributed by atoms with E-state index in [-0.39, 0.29) is 6.61 Å². The molecule has 0 unspecified atom stereocenters. The van der Waals surface area contributed by atoms with E-state index in [0.29, 0.717) is 16.5 Å². The molecule has 0 heterocycles. The molecule has 0 radical (unpaired) electrons. The highest BCUT2D eigenvalue weighted by Crippen LogP contribution is 2.37. The van der Waals surface area contributed by atoms with Gasteiger partial charge in [0.1, 0.15) is 11.5 Å². The average Bonchev–Trinajstić information content (AvgIpc) is 2.19. The molecule has 0 aliphatic carbocycles. The van der Waals surface area contributed by atoms with Gasteiger partial charge in [-0.1, -0.05) is 11.6 Å². The predicted molar refractivity (Wildman–Crippen MR) is 58.3 cm³/mol. The van der Waals surface area contributed by atoms with Crippen molar-refractivity contribution in [3.63, 3.8) is 0 Å². The second-order valence-corrected chi connectivity index (χ2v) is 3.43. The second kappa shape index (κ2) is 5.21. The Hall–Kier alpha value is -0.970. The molecule has 4 nitrogen and oxygen atoms in total. The Morgan fingerprint density at radius 1 is 1.27 bits per heavy atom. The molecular formula is C10H14ClNO3. The van der Waals surface area contributed by atoms with Crippen molar-refractivity contribution in [2.45, 2.75) is 13.5 Å². The molecule has 1 aromatic rings. The molecule has 0 aliphatic heterocycles. The third kappa shape index (κ3) is 2.34. The van der Waals surface area contributed by atoms with Crippen LogP contribution in [-0.2, 0) is 11.4 Å². The van der Waals surface area contributed by atoms with Crippen LogP contribution in [0.3, 0.4) is 0 Å². The number of hydrogen-bond acceptors (Lipinski definition) is 4. The van der Waals surface area contributed by atoms with Crippen LogP contribution in [-0.4, -0.2) is 14.2 Å². The fourth-order valence-electron chi connectivity index (χ4n) is 1.54. The van der Waals surface area contributed by atoms with E-state index < -0.39 is 0 Å². The lowest BCUT2D eigenvalue weighted by atomic mass is 10.1. The van der Waals surface area contributed by atoms with Gasteiger partial charge >= 0.3 is 0 Å². The Morgan fingerprint density at radius 3 is 2.33 bits per heavy atom. The summed E-state index contributed by atoms with van der Waals surface area (Å²) in [5, 5.41) is 0.517. The zero-order valence-corrected chi connectivity index (χ0v) is 9.72. The van der Waals surface area contributed by atoms with Gasteiger partial charge in [0.2, 0.25) is 0 Å². The molecule has 1 rings (SSSR count). The standard InChI is InChI=1S/C10H14ClNO3/c1-6-9(13-2)7(5-15-12)4-8(11)10(6)14-3/h4H,5,12H2,1-3H3. The van der Waals surface area contributed by atoms with Crippen molar-refractivity contribution < 1.29 is 14.3 Å². The Bertz CT molecular complexity index is 355. The van der Waals surface area contributed by atoms with Crippen LogP contribution in [0.5, 0.6) is 11.5 Å². The van der Waals surface area contributed by atoms with Crippen LogP contribution in [0.25, 0.3) is 0 Å². The van der Waals surface area contributed by atoms with Gasteiger partial charge in [0, 0.05) is 11.1 Å². The summed E-state index contributed by atoms with van der Waals surface area (Å²) in [6.07, 6.45) is 0. The molecule has 0 atom stereocenters. The Balaban J connectivity index is 3.30. The van der Waals surface area contributed by atoms with Crippen LogP contribution in [0.2, 0.25) is 5.02 Å². The van der Waals surface area contributed by atoms with Crippen LogP contribution in [0, 0.1) is 6.92 Å². The summed E-state index contributed by atoms with van der Waals surface area (Å²) in [5.74, 6) is 6.31. The number of rotatable bonds is 4. The molecule has 1 aromatic carbocycles. The lowest BCUT2D eigenvalue weighted by Gasteiger charge is -2.15. The van der Waals surface area contributed by atoms with Gasteiger partial charge in [-0.3, -0.25) is 4.84 Å². The summed E-state index contributed by atoms with van der Waals surface area (Å²) in [6, 6.07) is 1.72. The maximum Gasteiger partial charge on any atom is 0.144 e. The van der Waals surface area contributed by atoms with Crippen LogP contribution in [0.4, 0.5) is 0 Å². The van der Waals surface area contributed by atoms with E-state index in [1.807, 2.05) is 6.92 Å². The summed E-state index contributed by atoms with van der Waals surface area (Å²) in [7, 11) is 3.14. The van der Waals surface area contributed by atoms with E-state index in [1.165, 1.54) is 0 Å². The zero-order chi connectivity index (χ0) is 11.4. The Labute approximate surface area is 93.8 Å². The van der Waals surface area contributed by atoms with Gasteiger partial charge in [-0.25, -0.2) is 5.90 Å². The molecule has 0 fully saturated rings. The molecule has 15 heavy (non-hydrogen) atoms. The molecule has 0 bridgehead atoms. The van der Waals surface area contributed by atoms with Crippen LogP contribution in [0.15, 0.2) is 6.07 Å². The van der Waals surface area contributed by atoms with Crippen LogP contribution >= 0.6 is 11.6 Å². The third-order valence-electron chi connectivity index (χ3n) is 2.14. The van der Waals surface area contributed by atoms with Crippen molar-refractivity contribution in [2.75, 3.05) is 14.2 Å². The smallest absolute Gasteiger partial charge is 0.144 e. The maximum atomic E-state index is 6.02. The molecule has 2 N–H and O–H groups in total. The van der Waals surface area contributed by atoms with Crippen LogP contribution < -0.4 is 15.4 Å². The van der Waals surface area contributed by atoms with E-state index in [1.54, 1.807) is 20.3 Å². The molecule has 0 amide bonds. The highest BCUT2D eigenvalue weighted by Gasteiger charge is 2.15. The fraction of sp³-hybridized carbons (Fsp3) is 0.400. The topological polar surface area (TPSA) is 53.7 Å². The first kappa shape index (κ1) is 12.1. The Kier molecular flexibility index (Phi) is 4.20. The summed E-state index contributed by atoms with van der Waals surface area (Å²) in [6.45, 7) is 2.11. The van der Waals surface area contributed by atoms with E-state index in [4.69, 9.17) is 27.0 Å². The molecule has 0 saturated heterocycles. The van der Waals surface area contributed by atoms with Gasteiger partial charge < -0.3 is 9.47 Å². The Morgan fingerprint density at radius 2 is 1.87 bits per heavy atom. The number of ether oxygens (including phenoxy) is 2. The van der Waals surface area contributed by atoms with Gasteiger partial charge in [-0.2, -0.15) is 0 Å². The van der Waals surface area contributed by atoms with Gasteiger partial charge in [0.25, 0.3) is 0 Å². The zero-order valence-electron chi connectivity index (χ0n) is 8.96. The summed E-state index contributed by atoms with van der Waals surface area (Å²) >= 11 is 6.02. The normalized spacial score (nSPS) is 10.2. The SMILES string of the molecule is COc1c(Cl)cc(CON)c(OC)c1C. The first-order chi connectivity index (χ1) is 7.15. The van der Waals surface area contributed by atoms with Crippen molar-refractivity contribution in [1.82, 2.24) is 0 Å². The monoisotopic (exact) mass is 231 g/mol. The van der Waals surface area contributed by atoms with E-state index in [9.17, 15) is 0 Å². The molecule has 0 saturated carbocycles. The lowest BCUT2D eigenvalue weighted by molar-refractivity contribution is 0.122. The molecule has 84 valence electrons. The largest absolute Gasteiger partial charge is 0.496 e. The summed E-state index contributed by atoms with van der Waals surface area (Å²) in [5.41, 5.74) is 1.63. The van der Waals surface area contributed by atoms with Gasteiger partial charge in [0.05, 0.1) is 25.8 Å². The first-order valence-electron chi connectivity index (χ1n) is 4.37. The minimum absolute atomic E-state index is 0.244. The third-order valence-corrected chi connectivity index (χ3v) is 2.42. The maximum absolute atomic E-state index is 6.02. The van der Waals surface area contributed by atoms with Gasteiger partial charge in [0.15, 0.2) is 0 Å². The quantitative estimate of drug-likeness (QED) is 0.806.